The number of carbonyl (C=O) groups is 2. The number of carboxylic acid groups (broad SMARTS) is 1. The van der Waals surface area contributed by atoms with Crippen LogP contribution in [-0.2, 0) is 9.59 Å². The van der Waals surface area contributed by atoms with Gasteiger partial charge in [-0.05, 0) is 62.2 Å². The third kappa shape index (κ3) is 5.43. The molecule has 0 amide bonds. The molecular weight excluding hydrogens is 340 g/mol. The van der Waals surface area contributed by atoms with Crippen LogP contribution in [0.15, 0.2) is 11.6 Å². The highest BCUT2D eigenvalue weighted by molar-refractivity contribution is 5.82. The van der Waals surface area contributed by atoms with E-state index in [2.05, 4.69) is 13.0 Å². The summed E-state index contributed by atoms with van der Waals surface area (Å²) in [5.41, 5.74) is 1.38. The van der Waals surface area contributed by atoms with Crippen LogP contribution in [0.25, 0.3) is 0 Å². The van der Waals surface area contributed by atoms with Gasteiger partial charge in [0.25, 0.3) is 0 Å². The van der Waals surface area contributed by atoms with Crippen LogP contribution < -0.4 is 0 Å². The molecule has 0 aromatic rings. The smallest absolute Gasteiger partial charge is 0.303 e. The second kappa shape index (κ2) is 9.36. The summed E-state index contributed by atoms with van der Waals surface area (Å²) in [4.78, 5) is 23.5. The minimum Gasteiger partial charge on any atom is -0.481 e. The summed E-state index contributed by atoms with van der Waals surface area (Å²) in [6.07, 6.45) is 13.0. The van der Waals surface area contributed by atoms with E-state index in [4.69, 9.17) is 5.11 Å². The molecule has 0 radical (unpaired) electrons. The van der Waals surface area contributed by atoms with E-state index in [1.165, 1.54) is 31.3 Å². The number of Topliss-reactive ketones (excluding diaryl/α,β-unsaturated/α-hetero) is 1. The molecule has 4 nitrogen and oxygen atoms in total. The zero-order valence-electron chi connectivity index (χ0n) is 16.7. The molecule has 4 heteroatoms. The van der Waals surface area contributed by atoms with E-state index < -0.39 is 12.1 Å². The third-order valence-corrected chi connectivity index (χ3v) is 7.33. The predicted octanol–water partition coefficient (Wildman–Crippen LogP) is 4.75. The van der Waals surface area contributed by atoms with E-state index in [1.54, 1.807) is 0 Å². The second-order valence-corrected chi connectivity index (χ2v) is 9.42. The Kier molecular flexibility index (Phi) is 7.13. The number of carbonyl (C=O) groups excluding carboxylic acids is 1. The van der Waals surface area contributed by atoms with Gasteiger partial charge >= 0.3 is 5.97 Å². The highest BCUT2D eigenvalue weighted by Gasteiger charge is 2.47. The molecule has 0 bridgehead atoms. The van der Waals surface area contributed by atoms with Crippen molar-refractivity contribution in [2.45, 2.75) is 90.1 Å². The molecule has 27 heavy (non-hydrogen) atoms. The number of fused-ring (bicyclic) bond motifs is 1. The third-order valence-electron chi connectivity index (χ3n) is 7.33. The highest BCUT2D eigenvalue weighted by Crippen LogP contribution is 2.48. The Balaban J connectivity index is 1.45. The fourth-order valence-electron chi connectivity index (χ4n) is 5.69. The van der Waals surface area contributed by atoms with Gasteiger partial charge < -0.3 is 10.2 Å². The molecule has 2 saturated carbocycles. The number of hydrogen-bond acceptors (Lipinski definition) is 3. The van der Waals surface area contributed by atoms with Gasteiger partial charge in [-0.25, -0.2) is 0 Å². The Morgan fingerprint density at radius 1 is 1.11 bits per heavy atom. The van der Waals surface area contributed by atoms with Crippen LogP contribution in [0.2, 0.25) is 0 Å². The average Bonchev–Trinajstić information content (AvgIpc) is 3.13. The van der Waals surface area contributed by atoms with Crippen molar-refractivity contribution in [3.8, 4) is 0 Å². The maximum Gasteiger partial charge on any atom is 0.303 e. The van der Waals surface area contributed by atoms with Crippen molar-refractivity contribution in [1.82, 2.24) is 0 Å². The molecule has 0 spiro atoms. The van der Waals surface area contributed by atoms with Crippen molar-refractivity contribution in [2.24, 2.45) is 29.6 Å². The molecule has 2 N–H and O–H groups in total. The molecule has 4 atom stereocenters. The van der Waals surface area contributed by atoms with Gasteiger partial charge in [0.1, 0.15) is 5.78 Å². The lowest BCUT2D eigenvalue weighted by molar-refractivity contribution is -0.137. The first kappa shape index (κ1) is 20.6. The van der Waals surface area contributed by atoms with Gasteiger partial charge in [0.05, 0.1) is 6.10 Å². The van der Waals surface area contributed by atoms with Gasteiger partial charge in [-0.2, -0.15) is 0 Å². The van der Waals surface area contributed by atoms with E-state index in [0.717, 1.165) is 38.0 Å². The second-order valence-electron chi connectivity index (χ2n) is 9.42. The van der Waals surface area contributed by atoms with Crippen LogP contribution in [0.3, 0.4) is 0 Å². The van der Waals surface area contributed by atoms with Crippen LogP contribution in [0.1, 0.15) is 84.0 Å². The van der Waals surface area contributed by atoms with E-state index in [-0.39, 0.29) is 24.0 Å². The van der Waals surface area contributed by atoms with Gasteiger partial charge in [0.15, 0.2) is 0 Å². The first-order valence-corrected chi connectivity index (χ1v) is 11.1. The molecule has 0 aromatic heterocycles. The molecule has 3 aliphatic rings. The van der Waals surface area contributed by atoms with Crippen LogP contribution in [0.4, 0.5) is 0 Å². The Morgan fingerprint density at radius 3 is 2.56 bits per heavy atom. The topological polar surface area (TPSA) is 74.6 Å². The van der Waals surface area contributed by atoms with Gasteiger partial charge in [0.2, 0.25) is 0 Å². The minimum absolute atomic E-state index is 0.176. The summed E-state index contributed by atoms with van der Waals surface area (Å²) in [5.74, 6) is 1.55. The first-order valence-electron chi connectivity index (χ1n) is 11.1. The Hall–Kier alpha value is -1.16. The summed E-state index contributed by atoms with van der Waals surface area (Å²) in [6.45, 7) is 2.32. The van der Waals surface area contributed by atoms with Crippen LogP contribution in [0, 0.1) is 29.6 Å². The number of rotatable bonds is 9. The Labute approximate surface area is 163 Å². The lowest BCUT2D eigenvalue weighted by Crippen LogP contribution is -2.29. The summed E-state index contributed by atoms with van der Waals surface area (Å²) in [7, 11) is 0. The molecule has 0 aromatic carbocycles. The highest BCUT2D eigenvalue weighted by atomic mass is 16.4. The van der Waals surface area contributed by atoms with E-state index >= 15 is 0 Å². The molecule has 2 fully saturated rings. The number of allylic oxidation sites excluding steroid dienone is 2. The van der Waals surface area contributed by atoms with Crippen LogP contribution >= 0.6 is 0 Å². The van der Waals surface area contributed by atoms with Crippen molar-refractivity contribution in [1.29, 1.82) is 0 Å². The van der Waals surface area contributed by atoms with Crippen molar-refractivity contribution in [3.63, 3.8) is 0 Å². The Morgan fingerprint density at radius 2 is 1.85 bits per heavy atom. The maximum atomic E-state index is 12.9. The fourth-order valence-corrected chi connectivity index (χ4v) is 5.69. The first-order chi connectivity index (χ1) is 12.9. The fraction of sp³-hybridized carbons (Fsp3) is 0.826. The number of aliphatic hydroxyl groups is 1. The van der Waals surface area contributed by atoms with Gasteiger partial charge in [-0.3, -0.25) is 9.59 Å². The molecular formula is C23H36O4. The number of unbranched alkanes of at least 4 members (excludes halogenated alkanes) is 1. The predicted molar refractivity (Wildman–Crippen MR) is 105 cm³/mol. The largest absolute Gasteiger partial charge is 0.481 e. The zero-order chi connectivity index (χ0) is 19.4. The average molecular weight is 377 g/mol. The number of aliphatic hydroxyl groups excluding tert-OH is 1. The monoisotopic (exact) mass is 376 g/mol. The summed E-state index contributed by atoms with van der Waals surface area (Å²) in [6, 6.07) is 0. The SMILES string of the molecule is CC1CCC(CCC(=O)[C@@H]2[C@@H]3CC(CCCCC(=O)O)=C[C@@H]3C[C@H]2O)CC1. The van der Waals surface area contributed by atoms with Crippen LogP contribution in [0.5, 0.6) is 0 Å². The standard InChI is InChI=1S/C23H36O4/c1-15-6-8-16(9-7-15)10-11-20(24)23-19-13-17(4-2-3-5-22(26)27)12-18(19)14-21(23)25/h12,15-16,18-19,21,23,25H,2-11,13-14H2,1H3,(H,26,27)/t15?,16?,18-,19-,21-,23+/m1/s1. The van der Waals surface area contributed by atoms with Crippen molar-refractivity contribution in [3.05, 3.63) is 11.6 Å². The summed E-state index contributed by atoms with van der Waals surface area (Å²) in [5, 5.41) is 19.2. The number of ketones is 1. The lowest BCUT2D eigenvalue weighted by atomic mass is 9.78. The summed E-state index contributed by atoms with van der Waals surface area (Å²) >= 11 is 0. The number of hydrogen-bond donors (Lipinski definition) is 2. The minimum atomic E-state index is -0.728. The molecule has 3 rings (SSSR count). The van der Waals surface area contributed by atoms with Gasteiger partial charge in [-0.1, -0.05) is 44.3 Å². The maximum absolute atomic E-state index is 12.9. The normalized spacial score (nSPS) is 35.7. The van der Waals surface area contributed by atoms with Gasteiger partial charge in [-0.15, -0.1) is 0 Å². The van der Waals surface area contributed by atoms with Crippen molar-refractivity contribution < 1.29 is 19.8 Å². The van der Waals surface area contributed by atoms with Gasteiger partial charge in [0, 0.05) is 18.8 Å². The molecule has 3 aliphatic carbocycles. The molecule has 0 unspecified atom stereocenters. The summed E-state index contributed by atoms with van der Waals surface area (Å²) < 4.78 is 0. The molecule has 0 saturated heterocycles. The van der Waals surface area contributed by atoms with Crippen LogP contribution in [-0.4, -0.2) is 28.1 Å². The Bertz CT molecular complexity index is 559. The van der Waals surface area contributed by atoms with E-state index in [9.17, 15) is 14.7 Å². The molecule has 152 valence electrons. The van der Waals surface area contributed by atoms with Crippen molar-refractivity contribution >= 4 is 11.8 Å². The molecule has 0 aliphatic heterocycles. The molecule has 0 heterocycles. The lowest BCUT2D eigenvalue weighted by Gasteiger charge is -2.27. The van der Waals surface area contributed by atoms with Crippen molar-refractivity contribution in [2.75, 3.05) is 0 Å². The van der Waals surface area contributed by atoms with E-state index in [0.29, 0.717) is 24.7 Å². The zero-order valence-corrected chi connectivity index (χ0v) is 16.7. The van der Waals surface area contributed by atoms with E-state index in [1.807, 2.05) is 0 Å². The quantitative estimate of drug-likeness (QED) is 0.450. The number of aliphatic carboxylic acids is 1. The number of carboxylic acids is 1.